The highest BCUT2D eigenvalue weighted by Gasteiger charge is 2.39. The molecule has 0 aliphatic carbocycles. The van der Waals surface area contributed by atoms with E-state index in [-0.39, 0.29) is 18.8 Å². The first kappa shape index (κ1) is 23.2. The highest BCUT2D eigenvalue weighted by molar-refractivity contribution is 7.09. The Hall–Kier alpha value is -3.47. The standard InChI is InChI=1S/C21H25N5O5S/c22-18(23)14-3-5-15(6-4-14)31-11-2-1-8-25-9-10-26(20(28)19(25)27)16(21(29)30)13-17-24-7-12-32-17/h3-7,12,16H,1-2,8-11,13H2,(H3,22,23)(H,29,30). The Morgan fingerprint density at radius 3 is 2.59 bits per heavy atom. The van der Waals surface area contributed by atoms with Crippen molar-refractivity contribution in [2.75, 3.05) is 26.2 Å². The molecule has 0 radical (unpaired) electrons. The van der Waals surface area contributed by atoms with Crippen LogP contribution < -0.4 is 10.5 Å². The molecule has 1 aliphatic rings. The normalized spacial score (nSPS) is 15.0. The van der Waals surface area contributed by atoms with E-state index in [0.29, 0.717) is 48.9 Å². The Morgan fingerprint density at radius 1 is 1.22 bits per heavy atom. The number of piperazine rings is 1. The largest absolute Gasteiger partial charge is 0.494 e. The van der Waals surface area contributed by atoms with Crippen LogP contribution in [0.3, 0.4) is 0 Å². The van der Waals surface area contributed by atoms with Gasteiger partial charge in [0.25, 0.3) is 0 Å². The van der Waals surface area contributed by atoms with E-state index in [2.05, 4.69) is 4.98 Å². The quantitative estimate of drug-likeness (QED) is 0.196. The van der Waals surface area contributed by atoms with Gasteiger partial charge in [0.2, 0.25) is 0 Å². The number of rotatable bonds is 11. The van der Waals surface area contributed by atoms with Gasteiger partial charge >= 0.3 is 17.8 Å². The summed E-state index contributed by atoms with van der Waals surface area (Å²) in [6, 6.07) is 5.79. The van der Waals surface area contributed by atoms with Gasteiger partial charge in [-0.05, 0) is 37.1 Å². The molecule has 1 atom stereocenters. The maximum atomic E-state index is 12.6. The number of aliphatic carboxylic acids is 1. The van der Waals surface area contributed by atoms with E-state index in [0.717, 1.165) is 4.90 Å². The summed E-state index contributed by atoms with van der Waals surface area (Å²) in [5.41, 5.74) is 6.04. The second kappa shape index (κ2) is 10.7. The molecule has 10 nitrogen and oxygen atoms in total. The first-order valence-corrected chi connectivity index (χ1v) is 11.0. The van der Waals surface area contributed by atoms with Gasteiger partial charge in [0.05, 0.1) is 11.6 Å². The summed E-state index contributed by atoms with van der Waals surface area (Å²) >= 11 is 1.32. The number of carboxylic acid groups (broad SMARTS) is 1. The number of amides is 2. The van der Waals surface area contributed by atoms with Crippen LogP contribution in [0.4, 0.5) is 0 Å². The Kier molecular flexibility index (Phi) is 7.77. The third-order valence-corrected chi connectivity index (χ3v) is 5.91. The molecular weight excluding hydrogens is 434 g/mol. The van der Waals surface area contributed by atoms with E-state index < -0.39 is 23.8 Å². The third kappa shape index (κ3) is 5.82. The molecule has 2 heterocycles. The Labute approximate surface area is 189 Å². The van der Waals surface area contributed by atoms with E-state index in [4.69, 9.17) is 15.9 Å². The number of hydrogen-bond acceptors (Lipinski definition) is 7. The molecule has 32 heavy (non-hydrogen) atoms. The molecule has 0 saturated carbocycles. The lowest BCUT2D eigenvalue weighted by Crippen LogP contribution is -2.59. The summed E-state index contributed by atoms with van der Waals surface area (Å²) in [6.07, 6.45) is 2.98. The molecule has 0 bridgehead atoms. The number of aromatic nitrogens is 1. The summed E-state index contributed by atoms with van der Waals surface area (Å²) in [7, 11) is 0. The fraction of sp³-hybridized carbons (Fsp3) is 0.381. The van der Waals surface area contributed by atoms with Gasteiger partial charge in [-0.2, -0.15) is 0 Å². The molecule has 1 fully saturated rings. The van der Waals surface area contributed by atoms with Crippen LogP contribution in [-0.4, -0.2) is 75.8 Å². The minimum absolute atomic E-state index is 0.00581. The Balaban J connectivity index is 1.44. The zero-order valence-corrected chi connectivity index (χ0v) is 18.2. The molecule has 2 amide bonds. The molecule has 1 unspecified atom stereocenters. The second-order valence-electron chi connectivity index (χ2n) is 7.27. The van der Waals surface area contributed by atoms with E-state index in [9.17, 15) is 19.5 Å². The van der Waals surface area contributed by atoms with E-state index in [1.165, 1.54) is 16.2 Å². The molecule has 1 saturated heterocycles. The van der Waals surface area contributed by atoms with Crippen LogP contribution in [0.15, 0.2) is 35.8 Å². The van der Waals surface area contributed by atoms with Gasteiger partial charge in [-0.15, -0.1) is 11.3 Å². The van der Waals surface area contributed by atoms with Crippen LogP contribution in [0.2, 0.25) is 0 Å². The molecule has 0 spiro atoms. The first-order valence-electron chi connectivity index (χ1n) is 10.1. The highest BCUT2D eigenvalue weighted by Crippen LogP contribution is 2.17. The van der Waals surface area contributed by atoms with Crippen molar-refractivity contribution in [3.8, 4) is 5.75 Å². The number of carbonyl (C=O) groups is 3. The van der Waals surface area contributed by atoms with Crippen LogP contribution in [0.5, 0.6) is 5.75 Å². The van der Waals surface area contributed by atoms with Crippen LogP contribution in [0.25, 0.3) is 0 Å². The topological polar surface area (TPSA) is 150 Å². The van der Waals surface area contributed by atoms with Gasteiger partial charge in [0.15, 0.2) is 0 Å². The van der Waals surface area contributed by atoms with Crippen molar-refractivity contribution < 1.29 is 24.2 Å². The summed E-state index contributed by atoms with van der Waals surface area (Å²) < 4.78 is 5.64. The SMILES string of the molecule is N=C(N)c1ccc(OCCCCN2CCN(C(Cc3nccs3)C(=O)O)C(=O)C2=O)cc1. The number of nitrogen functional groups attached to an aromatic ring is 1. The molecule has 2 aromatic rings. The lowest BCUT2D eigenvalue weighted by molar-refractivity contribution is -0.162. The number of unbranched alkanes of at least 4 members (excludes halogenated alkanes) is 1. The van der Waals surface area contributed by atoms with Crippen LogP contribution in [0.1, 0.15) is 23.4 Å². The van der Waals surface area contributed by atoms with Crippen LogP contribution >= 0.6 is 11.3 Å². The van der Waals surface area contributed by atoms with Crippen molar-refractivity contribution in [1.82, 2.24) is 14.8 Å². The van der Waals surface area contributed by atoms with Crippen molar-refractivity contribution in [3.63, 3.8) is 0 Å². The molecule has 1 aliphatic heterocycles. The minimum Gasteiger partial charge on any atom is -0.494 e. The number of hydrogen-bond donors (Lipinski definition) is 3. The van der Waals surface area contributed by atoms with Gasteiger partial charge in [-0.3, -0.25) is 15.0 Å². The predicted octanol–water partition coefficient (Wildman–Crippen LogP) is 0.953. The van der Waals surface area contributed by atoms with Crippen molar-refractivity contribution in [2.24, 2.45) is 5.73 Å². The number of carboxylic acids is 1. The average Bonchev–Trinajstić information content (AvgIpc) is 3.28. The summed E-state index contributed by atoms with van der Waals surface area (Å²) in [4.78, 5) is 43.4. The van der Waals surface area contributed by atoms with E-state index >= 15 is 0 Å². The van der Waals surface area contributed by atoms with Crippen molar-refractivity contribution in [2.45, 2.75) is 25.3 Å². The zero-order valence-electron chi connectivity index (χ0n) is 17.4. The lowest BCUT2D eigenvalue weighted by atomic mass is 10.1. The number of nitrogens with zero attached hydrogens (tertiary/aromatic N) is 3. The molecule has 1 aromatic carbocycles. The van der Waals surface area contributed by atoms with E-state index in [1.54, 1.807) is 35.8 Å². The average molecular weight is 460 g/mol. The van der Waals surface area contributed by atoms with Gasteiger partial charge in [0.1, 0.15) is 17.6 Å². The predicted molar refractivity (Wildman–Crippen MR) is 118 cm³/mol. The number of carbonyl (C=O) groups excluding carboxylic acids is 2. The summed E-state index contributed by atoms with van der Waals surface area (Å²) in [6.45, 7) is 1.30. The van der Waals surface area contributed by atoms with Crippen molar-refractivity contribution in [1.29, 1.82) is 5.41 Å². The second-order valence-corrected chi connectivity index (χ2v) is 8.25. The van der Waals surface area contributed by atoms with E-state index in [1.807, 2.05) is 0 Å². The number of amidine groups is 1. The van der Waals surface area contributed by atoms with Crippen molar-refractivity contribution in [3.05, 3.63) is 46.4 Å². The monoisotopic (exact) mass is 459 g/mol. The summed E-state index contributed by atoms with van der Waals surface area (Å²) in [5.74, 6) is -1.96. The zero-order chi connectivity index (χ0) is 23.1. The molecule has 3 rings (SSSR count). The van der Waals surface area contributed by atoms with Gasteiger partial charge in [0, 0.05) is 43.2 Å². The molecule has 1 aromatic heterocycles. The molecule has 11 heteroatoms. The number of ether oxygens (including phenoxy) is 1. The molecular formula is C21H25N5O5S. The number of nitrogens with two attached hydrogens (primary N) is 1. The number of nitrogens with one attached hydrogen (secondary N) is 1. The van der Waals surface area contributed by atoms with Gasteiger partial charge in [-0.25, -0.2) is 9.78 Å². The Morgan fingerprint density at radius 2 is 1.97 bits per heavy atom. The first-order chi connectivity index (χ1) is 15.4. The maximum Gasteiger partial charge on any atom is 0.326 e. The molecule has 170 valence electrons. The maximum absolute atomic E-state index is 12.6. The minimum atomic E-state index is -1.15. The fourth-order valence-corrected chi connectivity index (χ4v) is 4.03. The number of benzene rings is 1. The number of thiazole rings is 1. The van der Waals surface area contributed by atoms with Crippen LogP contribution in [-0.2, 0) is 20.8 Å². The van der Waals surface area contributed by atoms with Gasteiger partial charge < -0.3 is 25.4 Å². The third-order valence-electron chi connectivity index (χ3n) is 5.11. The summed E-state index contributed by atoms with van der Waals surface area (Å²) in [5, 5.41) is 19.3. The molecule has 4 N–H and O–H groups in total. The highest BCUT2D eigenvalue weighted by atomic mass is 32.1. The lowest BCUT2D eigenvalue weighted by Gasteiger charge is -2.36. The fourth-order valence-electron chi connectivity index (χ4n) is 3.38. The van der Waals surface area contributed by atoms with Gasteiger partial charge in [-0.1, -0.05) is 0 Å². The van der Waals surface area contributed by atoms with Crippen molar-refractivity contribution >= 4 is 35.0 Å². The van der Waals surface area contributed by atoms with Crippen LogP contribution in [0, 0.1) is 5.41 Å². The smallest absolute Gasteiger partial charge is 0.326 e. The Bertz CT molecular complexity index is 963.